The Morgan fingerprint density at radius 2 is 1.93 bits per heavy atom. The van der Waals surface area contributed by atoms with Gasteiger partial charge in [0.05, 0.1) is 13.2 Å². The van der Waals surface area contributed by atoms with Gasteiger partial charge in [-0.1, -0.05) is 30.3 Å². The van der Waals surface area contributed by atoms with Gasteiger partial charge in [-0.15, -0.1) is 15.0 Å². The molecule has 1 aromatic carbocycles. The molecule has 0 unspecified atom stereocenters. The van der Waals surface area contributed by atoms with E-state index in [1.807, 2.05) is 30.3 Å². The summed E-state index contributed by atoms with van der Waals surface area (Å²) in [5.74, 6) is 0.359. The number of carbonyl (C=O) groups is 1. The van der Waals surface area contributed by atoms with Crippen molar-refractivity contribution in [3.05, 3.63) is 48.3 Å². The molecule has 0 bridgehead atoms. The van der Waals surface area contributed by atoms with Crippen LogP contribution in [0.3, 0.4) is 0 Å². The molecule has 0 atom stereocenters. The topological polar surface area (TPSA) is 103 Å². The van der Waals surface area contributed by atoms with Crippen molar-refractivity contribution in [2.24, 2.45) is 0 Å². The lowest BCUT2D eigenvalue weighted by molar-refractivity contribution is 0.0383. The SMILES string of the molecule is O=C(NCCN1CCOCC1)c1ccn(Cn2nnc(-c3ccccc3)n2)n1. The Bertz CT molecular complexity index is 901. The maximum absolute atomic E-state index is 12.3. The van der Waals surface area contributed by atoms with Crippen LogP contribution in [0.2, 0.25) is 0 Å². The molecule has 1 aliphatic heterocycles. The van der Waals surface area contributed by atoms with Gasteiger partial charge in [0.25, 0.3) is 5.91 Å². The summed E-state index contributed by atoms with van der Waals surface area (Å²) < 4.78 is 6.92. The van der Waals surface area contributed by atoms with E-state index < -0.39 is 0 Å². The molecule has 3 heterocycles. The number of hydrogen-bond donors (Lipinski definition) is 1. The van der Waals surface area contributed by atoms with Crippen LogP contribution in [0, 0.1) is 0 Å². The van der Waals surface area contributed by atoms with Gasteiger partial charge in [-0.05, 0) is 11.3 Å². The number of hydrogen-bond acceptors (Lipinski definition) is 7. The van der Waals surface area contributed by atoms with Crippen molar-refractivity contribution in [3.63, 3.8) is 0 Å². The van der Waals surface area contributed by atoms with Crippen molar-refractivity contribution in [3.8, 4) is 11.4 Å². The van der Waals surface area contributed by atoms with E-state index in [1.54, 1.807) is 16.9 Å². The van der Waals surface area contributed by atoms with Crippen LogP contribution in [0.5, 0.6) is 0 Å². The Labute approximate surface area is 162 Å². The lowest BCUT2D eigenvalue weighted by Crippen LogP contribution is -2.41. The lowest BCUT2D eigenvalue weighted by Gasteiger charge is -2.26. The Kier molecular flexibility index (Phi) is 5.69. The van der Waals surface area contributed by atoms with E-state index >= 15 is 0 Å². The second-order valence-electron chi connectivity index (χ2n) is 6.44. The third-order valence-electron chi connectivity index (χ3n) is 4.45. The first kappa shape index (κ1) is 18.3. The van der Waals surface area contributed by atoms with Gasteiger partial charge in [0, 0.05) is 37.9 Å². The highest BCUT2D eigenvalue weighted by Gasteiger charge is 2.13. The van der Waals surface area contributed by atoms with Gasteiger partial charge < -0.3 is 10.1 Å². The van der Waals surface area contributed by atoms with Gasteiger partial charge in [-0.2, -0.15) is 5.10 Å². The number of morpholine rings is 1. The zero-order valence-electron chi connectivity index (χ0n) is 15.4. The molecular weight excluding hydrogens is 360 g/mol. The minimum atomic E-state index is -0.191. The van der Waals surface area contributed by atoms with E-state index in [0.29, 0.717) is 18.1 Å². The standard InChI is InChI=1S/C18H22N8O2/c27-18(19-7-9-24-10-12-28-13-11-24)16-6-8-25(21-16)14-26-22-17(20-23-26)15-4-2-1-3-5-15/h1-6,8H,7,9-14H2,(H,19,27). The summed E-state index contributed by atoms with van der Waals surface area (Å²) in [7, 11) is 0. The molecule has 0 saturated carbocycles. The van der Waals surface area contributed by atoms with Crippen molar-refractivity contribution < 1.29 is 9.53 Å². The maximum atomic E-state index is 12.3. The number of nitrogens with zero attached hydrogens (tertiary/aromatic N) is 7. The van der Waals surface area contributed by atoms with Crippen LogP contribution < -0.4 is 5.32 Å². The molecule has 4 rings (SSSR count). The lowest BCUT2D eigenvalue weighted by atomic mass is 10.2. The second-order valence-corrected chi connectivity index (χ2v) is 6.44. The molecule has 1 N–H and O–H groups in total. The smallest absolute Gasteiger partial charge is 0.271 e. The first-order chi connectivity index (χ1) is 13.8. The molecule has 0 aliphatic carbocycles. The van der Waals surface area contributed by atoms with Gasteiger partial charge in [0.1, 0.15) is 5.69 Å². The molecule has 146 valence electrons. The number of tetrazole rings is 1. The number of nitrogens with one attached hydrogen (secondary N) is 1. The fourth-order valence-corrected chi connectivity index (χ4v) is 2.94. The summed E-state index contributed by atoms with van der Waals surface area (Å²) in [6.07, 6.45) is 1.72. The van der Waals surface area contributed by atoms with Crippen molar-refractivity contribution in [2.45, 2.75) is 6.67 Å². The number of aromatic nitrogens is 6. The fourth-order valence-electron chi connectivity index (χ4n) is 2.94. The quantitative estimate of drug-likeness (QED) is 0.618. The van der Waals surface area contributed by atoms with Gasteiger partial charge in [0.2, 0.25) is 5.82 Å². The van der Waals surface area contributed by atoms with Crippen molar-refractivity contribution in [1.82, 2.24) is 40.2 Å². The Morgan fingerprint density at radius 1 is 1.11 bits per heavy atom. The van der Waals surface area contributed by atoms with E-state index in [-0.39, 0.29) is 12.6 Å². The highest BCUT2D eigenvalue weighted by Crippen LogP contribution is 2.11. The molecule has 3 aromatic rings. The summed E-state index contributed by atoms with van der Waals surface area (Å²) in [6.45, 7) is 4.97. The van der Waals surface area contributed by atoms with Gasteiger partial charge >= 0.3 is 0 Å². The molecule has 0 radical (unpaired) electrons. The number of ether oxygens (including phenoxy) is 1. The number of amides is 1. The Balaban J connectivity index is 1.29. The van der Waals surface area contributed by atoms with Crippen LogP contribution in [0.25, 0.3) is 11.4 Å². The van der Waals surface area contributed by atoms with E-state index in [9.17, 15) is 4.79 Å². The largest absolute Gasteiger partial charge is 0.379 e. The summed E-state index contributed by atoms with van der Waals surface area (Å²) in [5.41, 5.74) is 1.26. The van der Waals surface area contributed by atoms with Gasteiger partial charge in [0.15, 0.2) is 6.67 Å². The van der Waals surface area contributed by atoms with Crippen LogP contribution in [-0.2, 0) is 11.4 Å². The first-order valence-corrected chi connectivity index (χ1v) is 9.23. The normalized spacial score (nSPS) is 14.9. The predicted molar refractivity (Wildman–Crippen MR) is 100 cm³/mol. The van der Waals surface area contributed by atoms with Gasteiger partial charge in [-0.25, -0.2) is 4.68 Å². The van der Waals surface area contributed by atoms with Crippen LogP contribution in [0.4, 0.5) is 0 Å². The molecule has 1 amide bonds. The molecule has 10 nitrogen and oxygen atoms in total. The average molecular weight is 382 g/mol. The second kappa shape index (κ2) is 8.72. The maximum Gasteiger partial charge on any atom is 0.271 e. The molecule has 1 aliphatic rings. The number of carbonyl (C=O) groups excluding carboxylic acids is 1. The Hall–Kier alpha value is -3.11. The van der Waals surface area contributed by atoms with Gasteiger partial charge in [-0.3, -0.25) is 9.69 Å². The zero-order chi connectivity index (χ0) is 19.2. The summed E-state index contributed by atoms with van der Waals surface area (Å²) in [4.78, 5) is 16.0. The van der Waals surface area contributed by atoms with E-state index in [0.717, 1.165) is 38.4 Å². The highest BCUT2D eigenvalue weighted by atomic mass is 16.5. The molecular formula is C18H22N8O2. The van der Waals surface area contributed by atoms with Crippen molar-refractivity contribution in [2.75, 3.05) is 39.4 Å². The van der Waals surface area contributed by atoms with Crippen LogP contribution in [0.1, 0.15) is 10.5 Å². The fraction of sp³-hybridized carbons (Fsp3) is 0.389. The van der Waals surface area contributed by atoms with Crippen molar-refractivity contribution >= 4 is 5.91 Å². The van der Waals surface area contributed by atoms with Crippen LogP contribution >= 0.6 is 0 Å². The number of benzene rings is 1. The predicted octanol–water partition coefficient (Wildman–Crippen LogP) is 0.104. The van der Waals surface area contributed by atoms with E-state index in [2.05, 4.69) is 30.7 Å². The molecule has 1 saturated heterocycles. The van der Waals surface area contributed by atoms with Crippen molar-refractivity contribution in [1.29, 1.82) is 0 Å². The van der Waals surface area contributed by atoms with E-state index in [4.69, 9.17) is 4.74 Å². The number of rotatable bonds is 7. The Morgan fingerprint density at radius 3 is 2.75 bits per heavy atom. The molecule has 10 heteroatoms. The van der Waals surface area contributed by atoms with E-state index in [1.165, 1.54) is 4.80 Å². The summed E-state index contributed by atoms with van der Waals surface area (Å²) in [5, 5.41) is 19.6. The van der Waals surface area contributed by atoms with Crippen LogP contribution in [0.15, 0.2) is 42.6 Å². The third-order valence-corrected chi connectivity index (χ3v) is 4.45. The summed E-state index contributed by atoms with van der Waals surface area (Å²) in [6, 6.07) is 11.3. The average Bonchev–Trinajstić information content (AvgIpc) is 3.40. The first-order valence-electron chi connectivity index (χ1n) is 9.23. The summed E-state index contributed by atoms with van der Waals surface area (Å²) >= 11 is 0. The molecule has 0 spiro atoms. The minimum absolute atomic E-state index is 0.191. The molecule has 2 aromatic heterocycles. The third kappa shape index (κ3) is 4.59. The highest BCUT2D eigenvalue weighted by molar-refractivity contribution is 5.92. The van der Waals surface area contributed by atoms with Crippen LogP contribution in [-0.4, -0.2) is 80.2 Å². The molecule has 1 fully saturated rings. The zero-order valence-corrected chi connectivity index (χ0v) is 15.4. The monoisotopic (exact) mass is 382 g/mol. The minimum Gasteiger partial charge on any atom is -0.379 e. The molecule has 28 heavy (non-hydrogen) atoms.